The van der Waals surface area contributed by atoms with Crippen molar-refractivity contribution in [3.8, 4) is 28.4 Å². The van der Waals surface area contributed by atoms with Crippen molar-refractivity contribution in [3.05, 3.63) is 78.4 Å². The number of carboxylic acids is 1. The molecule has 3 rings (SSSR count). The predicted molar refractivity (Wildman–Crippen MR) is 105 cm³/mol. The largest absolute Gasteiger partial charge is 0.494 e. The third-order valence-electron chi connectivity index (χ3n) is 4.08. The first-order chi connectivity index (χ1) is 13.1. The van der Waals surface area contributed by atoms with Crippen molar-refractivity contribution in [2.45, 2.75) is 19.8 Å². The molecule has 0 saturated heterocycles. The summed E-state index contributed by atoms with van der Waals surface area (Å²) >= 11 is 0. The van der Waals surface area contributed by atoms with E-state index in [1.165, 1.54) is 5.56 Å². The van der Waals surface area contributed by atoms with E-state index in [0.717, 1.165) is 28.4 Å². The van der Waals surface area contributed by atoms with E-state index in [2.05, 4.69) is 0 Å². The smallest absolute Gasteiger partial charge is 0.303 e. The van der Waals surface area contributed by atoms with Crippen LogP contribution in [0.25, 0.3) is 11.1 Å². The van der Waals surface area contributed by atoms with Gasteiger partial charge in [-0.25, -0.2) is 0 Å². The van der Waals surface area contributed by atoms with E-state index >= 15 is 0 Å². The van der Waals surface area contributed by atoms with Gasteiger partial charge in [0.25, 0.3) is 0 Å². The Morgan fingerprint density at radius 1 is 0.852 bits per heavy atom. The maximum Gasteiger partial charge on any atom is 0.303 e. The Morgan fingerprint density at radius 2 is 1.56 bits per heavy atom. The Bertz CT molecular complexity index is 883. The fourth-order valence-electron chi connectivity index (χ4n) is 2.64. The summed E-state index contributed by atoms with van der Waals surface area (Å²) in [7, 11) is 0. The highest BCUT2D eigenvalue weighted by Gasteiger charge is 2.03. The second kappa shape index (κ2) is 8.90. The molecule has 4 nitrogen and oxygen atoms in total. The number of carboxylic acid groups (broad SMARTS) is 1. The van der Waals surface area contributed by atoms with E-state index in [9.17, 15) is 4.79 Å². The van der Waals surface area contributed by atoms with E-state index in [1.54, 1.807) is 0 Å². The van der Waals surface area contributed by atoms with Crippen LogP contribution in [0.4, 0.5) is 0 Å². The topological polar surface area (TPSA) is 55.8 Å². The number of hydrogen-bond acceptors (Lipinski definition) is 3. The van der Waals surface area contributed by atoms with Crippen molar-refractivity contribution in [3.63, 3.8) is 0 Å². The lowest BCUT2D eigenvalue weighted by Gasteiger charge is -2.09. The van der Waals surface area contributed by atoms with Gasteiger partial charge in [0.1, 0.15) is 17.2 Å². The highest BCUT2D eigenvalue weighted by molar-refractivity contribution is 5.67. The Labute approximate surface area is 159 Å². The minimum absolute atomic E-state index is 0.117. The number of benzene rings is 3. The average Bonchev–Trinajstić information content (AvgIpc) is 2.68. The van der Waals surface area contributed by atoms with Gasteiger partial charge in [-0.05, 0) is 60.9 Å². The molecule has 0 radical (unpaired) electrons. The zero-order valence-electron chi connectivity index (χ0n) is 15.2. The first-order valence-corrected chi connectivity index (χ1v) is 8.90. The van der Waals surface area contributed by atoms with E-state index in [0.29, 0.717) is 13.0 Å². The van der Waals surface area contributed by atoms with Crippen molar-refractivity contribution in [2.24, 2.45) is 0 Å². The molecule has 0 fully saturated rings. The predicted octanol–water partition coefficient (Wildman–Crippen LogP) is 5.70. The number of aliphatic carboxylic acids is 1. The second-order valence-electron chi connectivity index (χ2n) is 6.31. The summed E-state index contributed by atoms with van der Waals surface area (Å²) in [4.78, 5) is 10.5. The molecule has 1 N–H and O–H groups in total. The quantitative estimate of drug-likeness (QED) is 0.522. The zero-order valence-corrected chi connectivity index (χ0v) is 15.2. The minimum Gasteiger partial charge on any atom is -0.494 e. The fourth-order valence-corrected chi connectivity index (χ4v) is 2.64. The van der Waals surface area contributed by atoms with Crippen LogP contribution < -0.4 is 9.47 Å². The number of ether oxygens (including phenoxy) is 2. The van der Waals surface area contributed by atoms with Gasteiger partial charge < -0.3 is 14.6 Å². The first kappa shape index (κ1) is 18.5. The molecule has 0 amide bonds. The lowest BCUT2D eigenvalue weighted by atomic mass is 10.1. The van der Waals surface area contributed by atoms with Crippen LogP contribution in [-0.4, -0.2) is 17.7 Å². The second-order valence-corrected chi connectivity index (χ2v) is 6.31. The van der Waals surface area contributed by atoms with Crippen LogP contribution >= 0.6 is 0 Å². The molecule has 138 valence electrons. The normalized spacial score (nSPS) is 10.4. The van der Waals surface area contributed by atoms with Crippen molar-refractivity contribution < 1.29 is 19.4 Å². The summed E-state index contributed by atoms with van der Waals surface area (Å²) < 4.78 is 11.5. The molecule has 0 saturated carbocycles. The van der Waals surface area contributed by atoms with E-state index < -0.39 is 5.97 Å². The summed E-state index contributed by atoms with van der Waals surface area (Å²) in [5, 5.41) is 8.63. The third-order valence-corrected chi connectivity index (χ3v) is 4.08. The van der Waals surface area contributed by atoms with Crippen molar-refractivity contribution >= 4 is 5.97 Å². The molecule has 3 aromatic rings. The summed E-state index contributed by atoms with van der Waals surface area (Å²) in [6.07, 6.45) is 0.612. The third kappa shape index (κ3) is 5.61. The van der Waals surface area contributed by atoms with Crippen molar-refractivity contribution in [1.29, 1.82) is 0 Å². The molecule has 0 aliphatic rings. The molecular weight excluding hydrogens is 340 g/mol. The summed E-state index contributed by atoms with van der Waals surface area (Å²) in [5.41, 5.74) is 3.31. The molecule has 27 heavy (non-hydrogen) atoms. The first-order valence-electron chi connectivity index (χ1n) is 8.90. The molecule has 0 heterocycles. The zero-order chi connectivity index (χ0) is 19.1. The van der Waals surface area contributed by atoms with Gasteiger partial charge in [0.05, 0.1) is 6.61 Å². The lowest BCUT2D eigenvalue weighted by Crippen LogP contribution is -2.01. The number of aryl methyl sites for hydroxylation is 1. The summed E-state index contributed by atoms with van der Waals surface area (Å²) in [5.74, 6) is 1.52. The van der Waals surface area contributed by atoms with Gasteiger partial charge in [0.2, 0.25) is 0 Å². The van der Waals surface area contributed by atoms with Gasteiger partial charge in [-0.3, -0.25) is 4.79 Å². The molecule has 0 atom stereocenters. The molecule has 3 aromatic carbocycles. The maximum atomic E-state index is 10.5. The molecular formula is C23H22O4. The van der Waals surface area contributed by atoms with Gasteiger partial charge in [-0.2, -0.15) is 0 Å². The van der Waals surface area contributed by atoms with Gasteiger partial charge in [0.15, 0.2) is 0 Å². The highest BCUT2D eigenvalue weighted by atomic mass is 16.5. The Balaban J connectivity index is 1.64. The fraction of sp³-hybridized carbons (Fsp3) is 0.174. The van der Waals surface area contributed by atoms with Gasteiger partial charge in [-0.1, -0.05) is 42.0 Å². The van der Waals surface area contributed by atoms with Crippen LogP contribution in [0.1, 0.15) is 18.4 Å². The summed E-state index contributed by atoms with van der Waals surface area (Å²) in [6.45, 7) is 2.44. The van der Waals surface area contributed by atoms with Gasteiger partial charge in [0, 0.05) is 6.42 Å². The van der Waals surface area contributed by atoms with E-state index in [4.69, 9.17) is 14.6 Å². The molecule has 0 aliphatic heterocycles. The molecule has 4 heteroatoms. The highest BCUT2D eigenvalue weighted by Crippen LogP contribution is 2.28. The van der Waals surface area contributed by atoms with E-state index in [1.807, 2.05) is 79.7 Å². The Kier molecular flexibility index (Phi) is 6.10. The minimum atomic E-state index is -0.804. The van der Waals surface area contributed by atoms with Crippen LogP contribution in [0.5, 0.6) is 17.2 Å². The molecule has 0 aliphatic carbocycles. The average molecular weight is 362 g/mol. The Hall–Kier alpha value is -3.27. The van der Waals surface area contributed by atoms with Crippen LogP contribution in [0.3, 0.4) is 0 Å². The summed E-state index contributed by atoms with van der Waals surface area (Å²) in [6, 6.07) is 23.6. The van der Waals surface area contributed by atoms with Crippen LogP contribution in [0, 0.1) is 6.92 Å². The van der Waals surface area contributed by atoms with Crippen LogP contribution in [0.15, 0.2) is 72.8 Å². The number of carbonyl (C=O) groups is 1. The SMILES string of the molecule is Cc1ccc(Oc2cccc(-c3ccc(OCCCC(=O)O)cc3)c2)cc1. The van der Waals surface area contributed by atoms with Gasteiger partial charge in [-0.15, -0.1) is 0 Å². The molecule has 0 spiro atoms. The standard InChI is InChI=1S/C23H22O4/c1-17-7-11-21(12-8-17)27-22-5-2-4-19(16-22)18-9-13-20(14-10-18)26-15-3-6-23(24)25/h2,4-5,7-14,16H,3,6,15H2,1H3,(H,24,25). The number of hydrogen-bond donors (Lipinski definition) is 1. The lowest BCUT2D eigenvalue weighted by molar-refractivity contribution is -0.137. The molecule has 0 unspecified atom stereocenters. The van der Waals surface area contributed by atoms with Gasteiger partial charge >= 0.3 is 5.97 Å². The maximum absolute atomic E-state index is 10.5. The Morgan fingerprint density at radius 3 is 2.26 bits per heavy atom. The van der Waals surface area contributed by atoms with Crippen LogP contribution in [-0.2, 0) is 4.79 Å². The van der Waals surface area contributed by atoms with Crippen molar-refractivity contribution in [1.82, 2.24) is 0 Å². The van der Waals surface area contributed by atoms with E-state index in [-0.39, 0.29) is 6.42 Å². The number of rotatable bonds is 8. The van der Waals surface area contributed by atoms with Crippen molar-refractivity contribution in [2.75, 3.05) is 6.61 Å². The molecule has 0 aromatic heterocycles. The monoisotopic (exact) mass is 362 g/mol. The van der Waals surface area contributed by atoms with Crippen LogP contribution in [0.2, 0.25) is 0 Å². The molecule has 0 bridgehead atoms.